The molecule has 1 aromatic rings. The summed E-state index contributed by atoms with van der Waals surface area (Å²) in [6.07, 6.45) is 2.98. The zero-order chi connectivity index (χ0) is 16.5. The van der Waals surface area contributed by atoms with Gasteiger partial charge in [-0.25, -0.2) is 0 Å². The number of ether oxygens (including phenoxy) is 1. The number of aliphatic hydroxyl groups is 1. The molecule has 1 rings (SSSR count). The first-order chi connectivity index (χ1) is 10.4. The van der Waals surface area contributed by atoms with Crippen LogP contribution in [0.25, 0.3) is 0 Å². The molecule has 2 unspecified atom stereocenters. The molecule has 3 nitrogen and oxygen atoms in total. The van der Waals surface area contributed by atoms with Gasteiger partial charge in [0.1, 0.15) is 18.5 Å². The van der Waals surface area contributed by atoms with Crippen LogP contribution < -0.4 is 10.1 Å². The minimum Gasteiger partial charge on any atom is -0.489 e. The van der Waals surface area contributed by atoms with Crippen molar-refractivity contribution >= 4 is 23.2 Å². The minimum absolute atomic E-state index is 0.186. The van der Waals surface area contributed by atoms with E-state index >= 15 is 0 Å². The Kier molecular flexibility index (Phi) is 9.18. The van der Waals surface area contributed by atoms with Crippen LogP contribution in [0.3, 0.4) is 0 Å². The molecule has 0 aliphatic carbocycles. The molecule has 0 fully saturated rings. The zero-order valence-corrected chi connectivity index (χ0v) is 15.1. The quantitative estimate of drug-likeness (QED) is 0.652. The molecule has 0 radical (unpaired) electrons. The fourth-order valence-electron chi connectivity index (χ4n) is 2.10. The number of benzene rings is 1. The Balaban J connectivity index is 2.23. The molecular formula is C17H27Cl2NO2. The summed E-state index contributed by atoms with van der Waals surface area (Å²) in [7, 11) is 0. The van der Waals surface area contributed by atoms with E-state index in [1.165, 1.54) is 12.8 Å². The molecule has 0 bridgehead atoms. The molecule has 2 N–H and O–H groups in total. The second kappa shape index (κ2) is 10.3. The maximum Gasteiger partial charge on any atom is 0.139 e. The van der Waals surface area contributed by atoms with Crippen molar-refractivity contribution in [1.82, 2.24) is 5.32 Å². The van der Waals surface area contributed by atoms with Gasteiger partial charge in [-0.3, -0.25) is 0 Å². The molecule has 0 aliphatic rings. The largest absolute Gasteiger partial charge is 0.489 e. The Labute approximate surface area is 144 Å². The first-order valence-corrected chi connectivity index (χ1v) is 8.63. The Hall–Kier alpha value is -0.480. The molecule has 1 aromatic carbocycles. The lowest BCUT2D eigenvalue weighted by molar-refractivity contribution is 0.104. The van der Waals surface area contributed by atoms with Gasteiger partial charge in [-0.1, -0.05) is 49.9 Å². The SMILES string of the molecule is CC(C)CCCC(C)NCC(O)COc1cc(Cl)ccc1Cl. The van der Waals surface area contributed by atoms with Gasteiger partial charge in [0.05, 0.1) is 5.02 Å². The van der Waals surface area contributed by atoms with Crippen LogP contribution in [0.4, 0.5) is 0 Å². The van der Waals surface area contributed by atoms with E-state index in [0.717, 1.165) is 12.3 Å². The number of hydrogen-bond donors (Lipinski definition) is 2. The summed E-state index contributed by atoms with van der Waals surface area (Å²) >= 11 is 11.9. The summed E-state index contributed by atoms with van der Waals surface area (Å²) in [4.78, 5) is 0. The lowest BCUT2D eigenvalue weighted by Gasteiger charge is -2.18. The minimum atomic E-state index is -0.581. The smallest absolute Gasteiger partial charge is 0.139 e. The van der Waals surface area contributed by atoms with Gasteiger partial charge in [0.2, 0.25) is 0 Å². The molecule has 0 amide bonds. The first kappa shape index (κ1) is 19.6. The molecule has 22 heavy (non-hydrogen) atoms. The summed E-state index contributed by atoms with van der Waals surface area (Å²) in [6, 6.07) is 5.43. The predicted octanol–water partition coefficient (Wildman–Crippen LogP) is 4.54. The summed E-state index contributed by atoms with van der Waals surface area (Å²) in [5, 5.41) is 14.4. The molecule has 0 saturated heterocycles. The van der Waals surface area contributed by atoms with Gasteiger partial charge in [0, 0.05) is 23.7 Å². The first-order valence-electron chi connectivity index (χ1n) is 7.87. The van der Waals surface area contributed by atoms with Crippen molar-refractivity contribution in [3.8, 4) is 5.75 Å². The summed E-state index contributed by atoms with van der Waals surface area (Å²) in [5.74, 6) is 1.24. The van der Waals surface area contributed by atoms with E-state index in [-0.39, 0.29) is 6.61 Å². The maximum atomic E-state index is 9.97. The van der Waals surface area contributed by atoms with Crippen molar-refractivity contribution in [2.75, 3.05) is 13.2 Å². The molecule has 0 heterocycles. The van der Waals surface area contributed by atoms with Gasteiger partial charge in [-0.15, -0.1) is 0 Å². The van der Waals surface area contributed by atoms with Gasteiger partial charge in [-0.2, -0.15) is 0 Å². The highest BCUT2D eigenvalue weighted by atomic mass is 35.5. The Morgan fingerprint density at radius 3 is 2.59 bits per heavy atom. The summed E-state index contributed by atoms with van der Waals surface area (Å²) < 4.78 is 5.52. The van der Waals surface area contributed by atoms with Crippen molar-refractivity contribution in [1.29, 1.82) is 0 Å². The Morgan fingerprint density at radius 2 is 1.91 bits per heavy atom. The summed E-state index contributed by atoms with van der Waals surface area (Å²) in [5.41, 5.74) is 0. The summed E-state index contributed by atoms with van der Waals surface area (Å²) in [6.45, 7) is 7.30. The highest BCUT2D eigenvalue weighted by Crippen LogP contribution is 2.27. The fourth-order valence-corrected chi connectivity index (χ4v) is 2.44. The second-order valence-corrected chi connectivity index (χ2v) is 7.02. The number of aliphatic hydroxyl groups excluding tert-OH is 1. The molecule has 126 valence electrons. The molecule has 2 atom stereocenters. The van der Waals surface area contributed by atoms with Crippen molar-refractivity contribution < 1.29 is 9.84 Å². The molecule has 0 aromatic heterocycles. The number of halogens is 2. The molecule has 5 heteroatoms. The van der Waals surface area contributed by atoms with Crippen molar-refractivity contribution in [3.63, 3.8) is 0 Å². The monoisotopic (exact) mass is 347 g/mol. The van der Waals surface area contributed by atoms with E-state index in [1.54, 1.807) is 18.2 Å². The van der Waals surface area contributed by atoms with Crippen LogP contribution in [-0.2, 0) is 0 Å². The lowest BCUT2D eigenvalue weighted by Crippen LogP contribution is -2.36. The third kappa shape index (κ3) is 8.23. The third-order valence-corrected chi connectivity index (χ3v) is 3.99. The average molecular weight is 348 g/mol. The highest BCUT2D eigenvalue weighted by molar-refractivity contribution is 6.34. The van der Waals surface area contributed by atoms with Gasteiger partial charge in [-0.05, 0) is 31.4 Å². The lowest BCUT2D eigenvalue weighted by atomic mass is 10.0. The van der Waals surface area contributed by atoms with Crippen LogP contribution in [0.5, 0.6) is 5.75 Å². The van der Waals surface area contributed by atoms with Crippen LogP contribution in [0.15, 0.2) is 18.2 Å². The van der Waals surface area contributed by atoms with Gasteiger partial charge in [0.25, 0.3) is 0 Å². The Bertz CT molecular complexity index is 441. The fraction of sp³-hybridized carbons (Fsp3) is 0.647. The van der Waals surface area contributed by atoms with Crippen molar-refractivity contribution in [3.05, 3.63) is 28.2 Å². The molecule has 0 spiro atoms. The van der Waals surface area contributed by atoms with Crippen LogP contribution in [-0.4, -0.2) is 30.4 Å². The van der Waals surface area contributed by atoms with Crippen LogP contribution in [0.1, 0.15) is 40.0 Å². The van der Waals surface area contributed by atoms with Gasteiger partial charge < -0.3 is 15.2 Å². The van der Waals surface area contributed by atoms with Gasteiger partial charge >= 0.3 is 0 Å². The van der Waals surface area contributed by atoms with E-state index in [0.29, 0.717) is 28.4 Å². The number of hydrogen-bond acceptors (Lipinski definition) is 3. The third-order valence-electron chi connectivity index (χ3n) is 3.45. The topological polar surface area (TPSA) is 41.5 Å². The van der Waals surface area contributed by atoms with Crippen molar-refractivity contribution in [2.24, 2.45) is 5.92 Å². The maximum absolute atomic E-state index is 9.97. The molecular weight excluding hydrogens is 321 g/mol. The van der Waals surface area contributed by atoms with Gasteiger partial charge in [0.15, 0.2) is 0 Å². The van der Waals surface area contributed by atoms with E-state index in [9.17, 15) is 5.11 Å². The Morgan fingerprint density at radius 1 is 1.18 bits per heavy atom. The average Bonchev–Trinajstić information content (AvgIpc) is 2.45. The number of nitrogens with one attached hydrogen (secondary N) is 1. The standard InChI is InChI=1S/C17H27Cl2NO2/c1-12(2)5-4-6-13(3)20-10-15(21)11-22-17-9-14(18)7-8-16(17)19/h7-9,12-13,15,20-21H,4-6,10-11H2,1-3H3. The number of rotatable bonds is 10. The van der Waals surface area contributed by atoms with Crippen molar-refractivity contribution in [2.45, 2.75) is 52.2 Å². The highest BCUT2D eigenvalue weighted by Gasteiger charge is 2.10. The molecule has 0 saturated carbocycles. The zero-order valence-electron chi connectivity index (χ0n) is 13.6. The van der Waals surface area contributed by atoms with Crippen LogP contribution in [0.2, 0.25) is 10.0 Å². The van der Waals surface area contributed by atoms with Crippen LogP contribution in [0, 0.1) is 5.92 Å². The second-order valence-electron chi connectivity index (χ2n) is 6.17. The van der Waals surface area contributed by atoms with E-state index in [4.69, 9.17) is 27.9 Å². The van der Waals surface area contributed by atoms with E-state index in [1.807, 2.05) is 0 Å². The van der Waals surface area contributed by atoms with E-state index in [2.05, 4.69) is 26.1 Å². The molecule has 0 aliphatic heterocycles. The normalized spacial score (nSPS) is 14.1. The predicted molar refractivity (Wildman–Crippen MR) is 94.1 cm³/mol. The van der Waals surface area contributed by atoms with Crippen LogP contribution >= 0.6 is 23.2 Å². The van der Waals surface area contributed by atoms with E-state index < -0.39 is 6.10 Å².